The molecule has 2 heterocycles. The van der Waals surface area contributed by atoms with Gasteiger partial charge in [-0.25, -0.2) is 0 Å². The fourth-order valence-corrected chi connectivity index (χ4v) is 5.54. The van der Waals surface area contributed by atoms with Crippen LogP contribution in [0.15, 0.2) is 152 Å². The predicted octanol–water partition coefficient (Wildman–Crippen LogP) is 4.98. The maximum absolute atomic E-state index is 5.08. The highest BCUT2D eigenvalue weighted by molar-refractivity contribution is 5.83. The standard InChI is InChI=1S/C35H26N8/c1-5-15-26(16-6-1)40-34(36-42(38-40)28-19-9-3-10-20-28)32-25-33(31-24-14-13-23-30(31)32)35-37-43(29-21-11-4-12-22-29)39-41(35)27-17-7-2-8-18-27/h1-25,32H/q+2. The summed E-state index contributed by atoms with van der Waals surface area (Å²) < 4.78 is 3.84. The monoisotopic (exact) mass is 558 g/mol. The molecule has 0 amide bonds. The van der Waals surface area contributed by atoms with E-state index in [-0.39, 0.29) is 5.92 Å². The van der Waals surface area contributed by atoms with Gasteiger partial charge in [-0.05, 0) is 59.7 Å². The lowest BCUT2D eigenvalue weighted by Crippen LogP contribution is -2.38. The molecule has 0 saturated carbocycles. The van der Waals surface area contributed by atoms with Crippen LogP contribution in [0.4, 0.5) is 0 Å². The molecule has 5 aromatic carbocycles. The van der Waals surface area contributed by atoms with Crippen molar-refractivity contribution in [1.82, 2.24) is 30.2 Å². The molecule has 1 unspecified atom stereocenters. The Balaban J connectivity index is 1.34. The van der Waals surface area contributed by atoms with Gasteiger partial charge in [0.05, 0.1) is 32.1 Å². The van der Waals surface area contributed by atoms with Crippen LogP contribution in [0.2, 0.25) is 0 Å². The summed E-state index contributed by atoms with van der Waals surface area (Å²) in [5.74, 6) is 1.38. The summed E-state index contributed by atoms with van der Waals surface area (Å²) in [5.41, 5.74) is 6.85. The molecule has 8 heteroatoms. The molecule has 204 valence electrons. The van der Waals surface area contributed by atoms with Gasteiger partial charge in [-0.1, -0.05) is 108 Å². The molecule has 7 aromatic rings. The Labute approximate surface area is 248 Å². The number of aromatic nitrogens is 8. The van der Waals surface area contributed by atoms with Crippen molar-refractivity contribution in [3.8, 4) is 22.7 Å². The summed E-state index contributed by atoms with van der Waals surface area (Å²) in [7, 11) is 0. The van der Waals surface area contributed by atoms with Gasteiger partial charge in [-0.2, -0.15) is 0 Å². The first-order chi connectivity index (χ1) is 21.3. The Kier molecular flexibility index (Phi) is 6.00. The van der Waals surface area contributed by atoms with Crippen LogP contribution in [0.3, 0.4) is 0 Å². The molecule has 0 spiro atoms. The van der Waals surface area contributed by atoms with E-state index in [1.54, 1.807) is 9.59 Å². The minimum atomic E-state index is -0.171. The second-order valence-electron chi connectivity index (χ2n) is 10.3. The Bertz CT molecular complexity index is 2070. The van der Waals surface area contributed by atoms with Gasteiger partial charge in [0.1, 0.15) is 11.4 Å². The third-order valence-electron chi connectivity index (χ3n) is 7.57. The molecule has 0 radical (unpaired) electrons. The zero-order chi connectivity index (χ0) is 28.6. The van der Waals surface area contributed by atoms with Crippen molar-refractivity contribution in [1.29, 1.82) is 0 Å². The van der Waals surface area contributed by atoms with Gasteiger partial charge in [0.15, 0.2) is 11.4 Å². The van der Waals surface area contributed by atoms with Gasteiger partial charge in [-0.15, -0.1) is 4.68 Å². The second-order valence-corrected chi connectivity index (χ2v) is 10.3. The highest BCUT2D eigenvalue weighted by Gasteiger charge is 2.39. The van der Waals surface area contributed by atoms with Gasteiger partial charge >= 0.3 is 11.6 Å². The van der Waals surface area contributed by atoms with Gasteiger partial charge in [0, 0.05) is 9.59 Å². The number of hydrogen-bond donors (Lipinski definition) is 0. The van der Waals surface area contributed by atoms with Crippen molar-refractivity contribution in [2.45, 2.75) is 5.92 Å². The molecule has 0 fully saturated rings. The summed E-state index contributed by atoms with van der Waals surface area (Å²) in [6.45, 7) is 0. The zero-order valence-electron chi connectivity index (χ0n) is 23.1. The Hall–Kier alpha value is -6.02. The van der Waals surface area contributed by atoms with Crippen LogP contribution in [0.1, 0.15) is 28.7 Å². The van der Waals surface area contributed by atoms with E-state index in [4.69, 9.17) is 20.6 Å². The van der Waals surface area contributed by atoms with Crippen molar-refractivity contribution < 1.29 is 9.36 Å². The first-order valence-corrected chi connectivity index (χ1v) is 14.2. The van der Waals surface area contributed by atoms with E-state index in [9.17, 15) is 0 Å². The number of hydrogen-bond acceptors (Lipinski definition) is 4. The minimum absolute atomic E-state index is 0.171. The summed E-state index contributed by atoms with van der Waals surface area (Å²) in [6, 6.07) is 48.7. The van der Waals surface area contributed by atoms with E-state index >= 15 is 0 Å². The van der Waals surface area contributed by atoms with E-state index in [1.807, 2.05) is 131 Å². The average Bonchev–Trinajstić information content (AvgIpc) is 3.82. The van der Waals surface area contributed by atoms with Crippen LogP contribution in [0.25, 0.3) is 28.3 Å². The van der Waals surface area contributed by atoms with E-state index in [0.717, 1.165) is 51.1 Å². The maximum Gasteiger partial charge on any atom is 0.335 e. The summed E-state index contributed by atoms with van der Waals surface area (Å²) >= 11 is 0. The Morgan fingerprint density at radius 1 is 0.488 bits per heavy atom. The molecule has 1 aliphatic carbocycles. The van der Waals surface area contributed by atoms with Crippen LogP contribution in [0.5, 0.6) is 0 Å². The molecule has 43 heavy (non-hydrogen) atoms. The Morgan fingerprint density at radius 2 is 0.977 bits per heavy atom. The molecular weight excluding hydrogens is 532 g/mol. The smallest absolute Gasteiger partial charge is 0.101 e. The molecule has 2 aromatic heterocycles. The number of nitrogens with zero attached hydrogens (tertiary/aromatic N) is 8. The normalized spacial score (nSPS) is 14.0. The zero-order valence-corrected chi connectivity index (χ0v) is 23.1. The van der Waals surface area contributed by atoms with Crippen LogP contribution in [0, 0.1) is 0 Å². The topological polar surface area (TPSA) is 69.2 Å². The van der Waals surface area contributed by atoms with Crippen LogP contribution in [-0.2, 0) is 0 Å². The number of benzene rings is 5. The quantitative estimate of drug-likeness (QED) is 0.270. The van der Waals surface area contributed by atoms with Gasteiger partial charge in [0.2, 0.25) is 0 Å². The number of fused-ring (bicyclic) bond motifs is 1. The van der Waals surface area contributed by atoms with Crippen molar-refractivity contribution >= 4 is 5.57 Å². The summed E-state index contributed by atoms with van der Waals surface area (Å²) in [4.78, 5) is 3.39. The molecule has 0 bridgehead atoms. The van der Waals surface area contributed by atoms with Crippen LogP contribution >= 0.6 is 0 Å². The lowest BCUT2D eigenvalue weighted by atomic mass is 9.99. The Morgan fingerprint density at radius 3 is 1.60 bits per heavy atom. The van der Waals surface area contributed by atoms with Crippen molar-refractivity contribution in [2.24, 2.45) is 0 Å². The van der Waals surface area contributed by atoms with Crippen LogP contribution < -0.4 is 9.36 Å². The third kappa shape index (κ3) is 4.42. The molecule has 0 aliphatic heterocycles. The predicted molar refractivity (Wildman–Crippen MR) is 161 cm³/mol. The first-order valence-electron chi connectivity index (χ1n) is 14.2. The fourth-order valence-electron chi connectivity index (χ4n) is 5.54. The minimum Gasteiger partial charge on any atom is -0.101 e. The first kappa shape index (κ1) is 24.8. The third-order valence-corrected chi connectivity index (χ3v) is 7.57. The van der Waals surface area contributed by atoms with Gasteiger partial charge in [0.25, 0.3) is 0 Å². The molecule has 8 rings (SSSR count). The molecule has 0 saturated heterocycles. The number of allylic oxidation sites excluding steroid dienone is 1. The lowest BCUT2D eigenvalue weighted by Gasteiger charge is -2.06. The van der Waals surface area contributed by atoms with E-state index in [0.29, 0.717) is 0 Å². The molecule has 0 N–H and O–H groups in total. The molecule has 1 atom stereocenters. The van der Waals surface area contributed by atoms with Gasteiger partial charge < -0.3 is 0 Å². The largest absolute Gasteiger partial charge is 0.335 e. The maximum atomic E-state index is 5.08. The lowest BCUT2D eigenvalue weighted by molar-refractivity contribution is -0.669. The van der Waals surface area contributed by atoms with Crippen molar-refractivity contribution in [3.05, 3.63) is 174 Å². The highest BCUT2D eigenvalue weighted by Crippen LogP contribution is 2.40. The summed E-state index contributed by atoms with van der Waals surface area (Å²) in [6.07, 6.45) is 2.24. The number of rotatable bonds is 6. The second kappa shape index (κ2) is 10.4. The number of para-hydroxylation sites is 4. The van der Waals surface area contributed by atoms with E-state index in [1.165, 1.54) is 0 Å². The fraction of sp³-hybridized carbons (Fsp3) is 0.0286. The summed E-state index contributed by atoms with van der Waals surface area (Å²) in [5, 5.41) is 20.0. The molecule has 8 nitrogen and oxygen atoms in total. The van der Waals surface area contributed by atoms with Crippen LogP contribution in [-0.4, -0.2) is 30.2 Å². The van der Waals surface area contributed by atoms with Crippen molar-refractivity contribution in [2.75, 3.05) is 0 Å². The molecule has 1 aliphatic rings. The van der Waals surface area contributed by atoms with E-state index in [2.05, 4.69) is 30.3 Å². The highest BCUT2D eigenvalue weighted by atomic mass is 15.6. The average molecular weight is 559 g/mol. The van der Waals surface area contributed by atoms with Crippen molar-refractivity contribution in [3.63, 3.8) is 0 Å². The number of tetrazole rings is 2. The van der Waals surface area contributed by atoms with E-state index < -0.39 is 0 Å². The SMILES string of the molecule is C1=C(c2nn(-c3ccccc3)n[n+]2-c2ccccc2)c2ccccc2C1c1nn(-c2ccccc2)n[n+]1-c1ccccc1. The molecular formula is C35H26N8+2. The van der Waals surface area contributed by atoms with Gasteiger partial charge in [-0.3, -0.25) is 0 Å².